The van der Waals surface area contributed by atoms with E-state index < -0.39 is 6.04 Å². The molecule has 0 aliphatic heterocycles. The van der Waals surface area contributed by atoms with E-state index in [0.717, 1.165) is 10.6 Å². The summed E-state index contributed by atoms with van der Waals surface area (Å²) in [6, 6.07) is 7.27. The molecule has 0 aliphatic carbocycles. The fourth-order valence-corrected chi connectivity index (χ4v) is 2.96. The molecule has 2 rings (SSSR count). The Bertz CT molecular complexity index is 498. The van der Waals surface area contributed by atoms with Gasteiger partial charge in [0.15, 0.2) is 0 Å². The van der Waals surface area contributed by atoms with Gasteiger partial charge in [0.1, 0.15) is 5.76 Å². The number of carbonyl (C=O) groups excluding carboxylic acids is 1. The van der Waals surface area contributed by atoms with E-state index >= 15 is 0 Å². The van der Waals surface area contributed by atoms with Crippen molar-refractivity contribution in [1.29, 1.82) is 0 Å². The molecule has 1 atom stereocenters. The summed E-state index contributed by atoms with van der Waals surface area (Å²) in [6.45, 7) is 5.17. The average Bonchev–Trinajstić information content (AvgIpc) is 3.09. The van der Waals surface area contributed by atoms with Gasteiger partial charge in [-0.2, -0.15) is 0 Å². The summed E-state index contributed by atoms with van der Waals surface area (Å²) in [5.41, 5.74) is 6.06. The molecule has 21 heavy (non-hydrogen) atoms. The number of carbonyl (C=O) groups is 1. The highest BCUT2D eigenvalue weighted by molar-refractivity contribution is 7.09. The van der Waals surface area contributed by atoms with Gasteiger partial charge in [-0.3, -0.25) is 4.79 Å². The average molecular weight is 306 g/mol. The fourth-order valence-electron chi connectivity index (χ4n) is 2.24. The molecule has 0 aromatic carbocycles. The topological polar surface area (TPSA) is 59.5 Å². The summed E-state index contributed by atoms with van der Waals surface area (Å²) >= 11 is 1.64. The molecule has 0 bridgehead atoms. The Kier molecular flexibility index (Phi) is 5.59. The summed E-state index contributed by atoms with van der Waals surface area (Å²) in [5, 5.41) is 2.01. The highest BCUT2D eigenvalue weighted by atomic mass is 32.1. The van der Waals surface area contributed by atoms with Crippen LogP contribution in [0.4, 0.5) is 0 Å². The van der Waals surface area contributed by atoms with Crippen LogP contribution in [0.2, 0.25) is 0 Å². The Balaban J connectivity index is 2.08. The number of thiophene rings is 1. The molecule has 0 fully saturated rings. The molecule has 4 nitrogen and oxygen atoms in total. The minimum Gasteiger partial charge on any atom is -0.467 e. The lowest BCUT2D eigenvalue weighted by Gasteiger charge is -2.25. The second kappa shape index (κ2) is 7.43. The number of nitrogens with two attached hydrogens (primary N) is 1. The molecular formula is C16H22N2O2S. The van der Waals surface area contributed by atoms with E-state index in [4.69, 9.17) is 10.2 Å². The van der Waals surface area contributed by atoms with Crippen LogP contribution in [-0.4, -0.2) is 16.8 Å². The molecule has 2 N–H and O–H groups in total. The van der Waals surface area contributed by atoms with E-state index in [-0.39, 0.29) is 5.91 Å². The first kappa shape index (κ1) is 15.8. The lowest BCUT2D eigenvalue weighted by Crippen LogP contribution is -2.43. The number of hydrogen-bond acceptors (Lipinski definition) is 4. The highest BCUT2D eigenvalue weighted by Crippen LogP contribution is 2.17. The Hall–Kier alpha value is -1.59. The Morgan fingerprint density at radius 3 is 2.71 bits per heavy atom. The molecule has 2 aromatic rings. The van der Waals surface area contributed by atoms with E-state index in [1.165, 1.54) is 0 Å². The van der Waals surface area contributed by atoms with Gasteiger partial charge in [0.05, 0.1) is 25.4 Å². The lowest BCUT2D eigenvalue weighted by molar-refractivity contribution is -0.134. The largest absolute Gasteiger partial charge is 0.467 e. The van der Waals surface area contributed by atoms with E-state index in [1.807, 2.05) is 29.6 Å². The first-order valence-corrected chi connectivity index (χ1v) is 8.03. The second-order valence-corrected chi connectivity index (χ2v) is 6.62. The van der Waals surface area contributed by atoms with Crippen molar-refractivity contribution in [3.63, 3.8) is 0 Å². The summed E-state index contributed by atoms with van der Waals surface area (Å²) < 4.78 is 5.36. The quantitative estimate of drug-likeness (QED) is 0.854. The van der Waals surface area contributed by atoms with Crippen LogP contribution in [0.1, 0.15) is 30.9 Å². The minimum absolute atomic E-state index is 0.0199. The van der Waals surface area contributed by atoms with E-state index in [0.29, 0.717) is 25.4 Å². The van der Waals surface area contributed by atoms with Gasteiger partial charge in [0, 0.05) is 4.88 Å². The SMILES string of the molecule is CC(C)C[C@H](N)C(=O)N(Cc1ccco1)Cc1cccs1. The van der Waals surface area contributed by atoms with Gasteiger partial charge in [-0.1, -0.05) is 19.9 Å². The van der Waals surface area contributed by atoms with Crippen LogP contribution >= 0.6 is 11.3 Å². The molecular weight excluding hydrogens is 284 g/mol. The summed E-state index contributed by atoms with van der Waals surface area (Å²) in [7, 11) is 0. The zero-order chi connectivity index (χ0) is 15.2. The predicted octanol–water partition coefficient (Wildman–Crippen LogP) is 3.24. The number of amides is 1. The molecule has 0 spiro atoms. The van der Waals surface area contributed by atoms with Gasteiger partial charge in [-0.05, 0) is 35.9 Å². The number of furan rings is 1. The lowest BCUT2D eigenvalue weighted by atomic mass is 10.0. The van der Waals surface area contributed by atoms with Gasteiger partial charge in [-0.15, -0.1) is 11.3 Å². The van der Waals surface area contributed by atoms with Crippen molar-refractivity contribution in [1.82, 2.24) is 4.90 Å². The van der Waals surface area contributed by atoms with Crippen molar-refractivity contribution in [2.24, 2.45) is 11.7 Å². The van der Waals surface area contributed by atoms with Gasteiger partial charge >= 0.3 is 0 Å². The third kappa shape index (κ3) is 4.72. The Labute approximate surface area is 129 Å². The Morgan fingerprint density at radius 1 is 1.33 bits per heavy atom. The maximum Gasteiger partial charge on any atom is 0.240 e. The van der Waals surface area contributed by atoms with Crippen LogP contribution in [0.3, 0.4) is 0 Å². The molecule has 0 unspecified atom stereocenters. The summed E-state index contributed by atoms with van der Waals surface area (Å²) in [6.07, 6.45) is 2.31. The molecule has 2 heterocycles. The molecule has 2 aromatic heterocycles. The number of rotatable bonds is 7. The van der Waals surface area contributed by atoms with Crippen LogP contribution < -0.4 is 5.73 Å². The molecule has 0 saturated heterocycles. The predicted molar refractivity (Wildman–Crippen MR) is 84.7 cm³/mol. The maximum absolute atomic E-state index is 12.6. The summed E-state index contributed by atoms with van der Waals surface area (Å²) in [4.78, 5) is 15.5. The highest BCUT2D eigenvalue weighted by Gasteiger charge is 2.23. The van der Waals surface area contributed by atoms with Crippen molar-refractivity contribution in [3.8, 4) is 0 Å². The first-order valence-electron chi connectivity index (χ1n) is 7.15. The third-order valence-corrected chi connectivity index (χ3v) is 4.07. The fraction of sp³-hybridized carbons (Fsp3) is 0.438. The zero-order valence-corrected chi connectivity index (χ0v) is 13.3. The van der Waals surface area contributed by atoms with Crippen LogP contribution in [0.25, 0.3) is 0 Å². The van der Waals surface area contributed by atoms with Crippen LogP contribution in [0, 0.1) is 5.92 Å². The normalized spacial score (nSPS) is 12.6. The second-order valence-electron chi connectivity index (χ2n) is 5.59. The standard InChI is InChI=1S/C16H22N2O2S/c1-12(2)9-15(17)16(19)18(10-13-5-3-7-20-13)11-14-6-4-8-21-14/h3-8,12,15H,9-11,17H2,1-2H3/t15-/m0/s1. The van der Waals surface area contributed by atoms with Gasteiger partial charge in [0.25, 0.3) is 0 Å². The van der Waals surface area contributed by atoms with Crippen LogP contribution in [0.15, 0.2) is 40.3 Å². The van der Waals surface area contributed by atoms with Crippen LogP contribution in [-0.2, 0) is 17.9 Å². The number of nitrogens with zero attached hydrogens (tertiary/aromatic N) is 1. The van der Waals surface area contributed by atoms with E-state index in [1.54, 1.807) is 22.5 Å². The minimum atomic E-state index is -0.458. The van der Waals surface area contributed by atoms with Gasteiger partial charge < -0.3 is 15.1 Å². The van der Waals surface area contributed by atoms with Crippen LogP contribution in [0.5, 0.6) is 0 Å². The molecule has 0 radical (unpaired) electrons. The Morgan fingerprint density at radius 2 is 2.14 bits per heavy atom. The first-order chi connectivity index (χ1) is 10.1. The van der Waals surface area contributed by atoms with Crippen molar-refractivity contribution >= 4 is 17.2 Å². The molecule has 114 valence electrons. The monoisotopic (exact) mass is 306 g/mol. The van der Waals surface area contributed by atoms with E-state index in [9.17, 15) is 4.79 Å². The summed E-state index contributed by atoms with van der Waals surface area (Å²) in [5.74, 6) is 1.15. The number of hydrogen-bond donors (Lipinski definition) is 1. The van der Waals surface area contributed by atoms with Gasteiger partial charge in [0.2, 0.25) is 5.91 Å². The molecule has 1 amide bonds. The van der Waals surface area contributed by atoms with Crippen molar-refractivity contribution < 1.29 is 9.21 Å². The maximum atomic E-state index is 12.6. The van der Waals surface area contributed by atoms with E-state index in [2.05, 4.69) is 13.8 Å². The zero-order valence-electron chi connectivity index (χ0n) is 12.5. The molecule has 0 saturated carbocycles. The third-order valence-electron chi connectivity index (χ3n) is 3.21. The van der Waals surface area contributed by atoms with Crippen molar-refractivity contribution in [3.05, 3.63) is 46.5 Å². The van der Waals surface area contributed by atoms with Crippen molar-refractivity contribution in [2.75, 3.05) is 0 Å². The van der Waals surface area contributed by atoms with Crippen molar-refractivity contribution in [2.45, 2.75) is 39.4 Å². The molecule has 5 heteroatoms. The smallest absolute Gasteiger partial charge is 0.240 e. The van der Waals surface area contributed by atoms with Gasteiger partial charge in [-0.25, -0.2) is 0 Å². The molecule has 0 aliphatic rings.